The van der Waals surface area contributed by atoms with Crippen molar-refractivity contribution >= 4 is 5.91 Å². The molecular weight excluding hydrogens is 228 g/mol. The molecule has 0 bridgehead atoms. The zero-order valence-electron chi connectivity index (χ0n) is 11.0. The maximum absolute atomic E-state index is 12.0. The molecule has 0 aliphatic carbocycles. The summed E-state index contributed by atoms with van der Waals surface area (Å²) >= 11 is 0. The summed E-state index contributed by atoms with van der Waals surface area (Å²) in [6.07, 6.45) is 1.69. The Labute approximate surface area is 108 Å². The van der Waals surface area contributed by atoms with Gasteiger partial charge in [0, 0.05) is 25.7 Å². The molecule has 18 heavy (non-hydrogen) atoms. The lowest BCUT2D eigenvalue weighted by Gasteiger charge is -2.17. The summed E-state index contributed by atoms with van der Waals surface area (Å²) in [4.78, 5) is 13.7. The maximum atomic E-state index is 12.0. The van der Waals surface area contributed by atoms with Crippen molar-refractivity contribution < 1.29 is 9.53 Å². The largest absolute Gasteiger partial charge is 0.490 e. The molecule has 4 nitrogen and oxygen atoms in total. The molecule has 0 aliphatic heterocycles. The van der Waals surface area contributed by atoms with E-state index >= 15 is 0 Å². The number of hydrogen-bond donors (Lipinski definition) is 1. The molecule has 1 N–H and O–H groups in total. The second-order valence-corrected chi connectivity index (χ2v) is 3.95. The molecule has 98 valence electrons. The van der Waals surface area contributed by atoms with Crippen molar-refractivity contribution in [2.45, 2.75) is 0 Å². The van der Waals surface area contributed by atoms with Gasteiger partial charge in [-0.05, 0) is 31.3 Å². The van der Waals surface area contributed by atoms with E-state index in [1.165, 1.54) is 0 Å². The average Bonchev–Trinajstić information content (AvgIpc) is 2.42. The summed E-state index contributed by atoms with van der Waals surface area (Å²) < 4.78 is 5.36. The molecular formula is C14H20N2O2. The van der Waals surface area contributed by atoms with Gasteiger partial charge < -0.3 is 15.0 Å². The van der Waals surface area contributed by atoms with Crippen LogP contribution in [0, 0.1) is 0 Å². The predicted molar refractivity (Wildman–Crippen MR) is 73.0 cm³/mol. The van der Waals surface area contributed by atoms with Gasteiger partial charge in [-0.15, -0.1) is 0 Å². The van der Waals surface area contributed by atoms with E-state index in [1.807, 2.05) is 7.05 Å². The highest BCUT2D eigenvalue weighted by Gasteiger charge is 2.10. The molecule has 1 amide bonds. The van der Waals surface area contributed by atoms with Gasteiger partial charge in [0.1, 0.15) is 12.4 Å². The Balaban J connectivity index is 2.60. The van der Waals surface area contributed by atoms with E-state index in [2.05, 4.69) is 11.9 Å². The molecule has 4 heteroatoms. The van der Waals surface area contributed by atoms with Crippen LogP contribution in [-0.2, 0) is 0 Å². The lowest BCUT2D eigenvalue weighted by Crippen LogP contribution is -2.32. The highest BCUT2D eigenvalue weighted by molar-refractivity contribution is 5.94. The molecule has 0 heterocycles. The Bertz CT molecular complexity index is 387. The van der Waals surface area contributed by atoms with Crippen LogP contribution < -0.4 is 10.1 Å². The standard InChI is InChI=1S/C14H20N2O2/c1-4-11-18-13-7-5-12(6-8-13)14(17)16(3)10-9-15-2/h4-8,15H,1,9-11H2,2-3H3. The van der Waals surface area contributed by atoms with Crippen molar-refractivity contribution in [2.24, 2.45) is 0 Å². The topological polar surface area (TPSA) is 41.6 Å². The first-order valence-electron chi connectivity index (χ1n) is 5.93. The molecule has 0 aromatic heterocycles. The number of hydrogen-bond acceptors (Lipinski definition) is 3. The van der Waals surface area contributed by atoms with Crippen LogP contribution >= 0.6 is 0 Å². The maximum Gasteiger partial charge on any atom is 0.253 e. The number of amides is 1. The van der Waals surface area contributed by atoms with Crippen LogP contribution in [0.4, 0.5) is 0 Å². The fraction of sp³-hybridized carbons (Fsp3) is 0.357. The number of carbonyl (C=O) groups is 1. The van der Waals surface area contributed by atoms with Crippen LogP contribution in [0.15, 0.2) is 36.9 Å². The first-order chi connectivity index (χ1) is 8.69. The van der Waals surface area contributed by atoms with Gasteiger partial charge in [-0.2, -0.15) is 0 Å². The highest BCUT2D eigenvalue weighted by Crippen LogP contribution is 2.13. The molecule has 1 aromatic rings. The molecule has 0 aliphatic rings. The smallest absolute Gasteiger partial charge is 0.253 e. The average molecular weight is 248 g/mol. The normalized spacial score (nSPS) is 9.89. The van der Waals surface area contributed by atoms with Crippen LogP contribution in [-0.4, -0.2) is 44.6 Å². The number of nitrogens with one attached hydrogen (secondary N) is 1. The van der Waals surface area contributed by atoms with E-state index in [1.54, 1.807) is 42.3 Å². The molecule has 1 aromatic carbocycles. The monoisotopic (exact) mass is 248 g/mol. The van der Waals surface area contributed by atoms with Crippen molar-refractivity contribution in [3.8, 4) is 5.75 Å². The van der Waals surface area contributed by atoms with Crippen LogP contribution in [0.3, 0.4) is 0 Å². The van der Waals surface area contributed by atoms with Gasteiger partial charge in [0.2, 0.25) is 0 Å². The molecule has 0 radical (unpaired) electrons. The molecule has 0 unspecified atom stereocenters. The number of benzene rings is 1. The number of rotatable bonds is 7. The Morgan fingerprint density at radius 3 is 2.67 bits per heavy atom. The minimum Gasteiger partial charge on any atom is -0.490 e. The number of ether oxygens (including phenoxy) is 1. The van der Waals surface area contributed by atoms with E-state index in [9.17, 15) is 4.79 Å². The molecule has 0 saturated carbocycles. The lowest BCUT2D eigenvalue weighted by molar-refractivity contribution is 0.0797. The number of nitrogens with zero attached hydrogens (tertiary/aromatic N) is 1. The second kappa shape index (κ2) is 7.50. The Morgan fingerprint density at radius 1 is 1.44 bits per heavy atom. The van der Waals surface area contributed by atoms with Crippen molar-refractivity contribution in [3.05, 3.63) is 42.5 Å². The van der Waals surface area contributed by atoms with E-state index in [0.29, 0.717) is 18.7 Å². The van der Waals surface area contributed by atoms with Crippen LogP contribution in [0.5, 0.6) is 5.75 Å². The predicted octanol–water partition coefficient (Wildman–Crippen LogP) is 1.54. The zero-order valence-corrected chi connectivity index (χ0v) is 11.0. The Kier molecular flexibility index (Phi) is 5.94. The van der Waals surface area contributed by atoms with Crippen molar-refractivity contribution in [1.29, 1.82) is 0 Å². The minimum atomic E-state index is 0.0144. The number of carbonyl (C=O) groups excluding carboxylic acids is 1. The van der Waals surface area contributed by atoms with Gasteiger partial charge in [0.05, 0.1) is 0 Å². The fourth-order valence-corrected chi connectivity index (χ4v) is 1.45. The SMILES string of the molecule is C=CCOc1ccc(C(=O)N(C)CCNC)cc1. The van der Waals surface area contributed by atoms with Crippen LogP contribution in [0.2, 0.25) is 0 Å². The molecule has 0 spiro atoms. The number of likely N-dealkylation sites (N-methyl/N-ethyl adjacent to an activating group) is 2. The van der Waals surface area contributed by atoms with E-state index in [-0.39, 0.29) is 5.91 Å². The first kappa shape index (κ1) is 14.3. The summed E-state index contributed by atoms with van der Waals surface area (Å²) in [6, 6.07) is 7.14. The third-order valence-corrected chi connectivity index (χ3v) is 2.51. The van der Waals surface area contributed by atoms with Crippen molar-refractivity contribution in [1.82, 2.24) is 10.2 Å². The van der Waals surface area contributed by atoms with Crippen LogP contribution in [0.1, 0.15) is 10.4 Å². The lowest BCUT2D eigenvalue weighted by atomic mass is 10.2. The Hall–Kier alpha value is -1.81. The summed E-state index contributed by atoms with van der Waals surface area (Å²) in [6.45, 7) is 5.51. The minimum absolute atomic E-state index is 0.0144. The molecule has 1 rings (SSSR count). The van der Waals surface area contributed by atoms with E-state index < -0.39 is 0 Å². The van der Waals surface area contributed by atoms with E-state index in [4.69, 9.17) is 4.74 Å². The molecule has 0 fully saturated rings. The van der Waals surface area contributed by atoms with Gasteiger partial charge in [-0.3, -0.25) is 4.79 Å². The van der Waals surface area contributed by atoms with Gasteiger partial charge in [-0.1, -0.05) is 12.7 Å². The molecule has 0 atom stereocenters. The summed E-state index contributed by atoms with van der Waals surface area (Å²) in [5.74, 6) is 0.754. The summed E-state index contributed by atoms with van der Waals surface area (Å²) in [5.41, 5.74) is 0.666. The van der Waals surface area contributed by atoms with Gasteiger partial charge in [0.25, 0.3) is 5.91 Å². The van der Waals surface area contributed by atoms with Gasteiger partial charge in [0.15, 0.2) is 0 Å². The van der Waals surface area contributed by atoms with E-state index in [0.717, 1.165) is 12.3 Å². The zero-order chi connectivity index (χ0) is 13.4. The highest BCUT2D eigenvalue weighted by atomic mass is 16.5. The van der Waals surface area contributed by atoms with Crippen molar-refractivity contribution in [2.75, 3.05) is 33.8 Å². The first-order valence-corrected chi connectivity index (χ1v) is 5.93. The second-order valence-electron chi connectivity index (χ2n) is 3.95. The van der Waals surface area contributed by atoms with Gasteiger partial charge in [-0.25, -0.2) is 0 Å². The quantitative estimate of drug-likeness (QED) is 0.744. The fourth-order valence-electron chi connectivity index (χ4n) is 1.45. The van der Waals surface area contributed by atoms with Crippen LogP contribution in [0.25, 0.3) is 0 Å². The summed E-state index contributed by atoms with van der Waals surface area (Å²) in [7, 11) is 3.66. The van der Waals surface area contributed by atoms with Crippen molar-refractivity contribution in [3.63, 3.8) is 0 Å². The third-order valence-electron chi connectivity index (χ3n) is 2.51. The van der Waals surface area contributed by atoms with Gasteiger partial charge >= 0.3 is 0 Å². The third kappa shape index (κ3) is 4.22. The summed E-state index contributed by atoms with van der Waals surface area (Å²) in [5, 5.41) is 3.01. The molecule has 0 saturated heterocycles. The Morgan fingerprint density at radius 2 is 2.11 bits per heavy atom.